The number of rotatable bonds is 3. The second-order valence-corrected chi connectivity index (χ2v) is 9.78. The zero-order valence-electron chi connectivity index (χ0n) is 19.2. The molecule has 33 heavy (non-hydrogen) atoms. The minimum absolute atomic E-state index is 0.0415. The van der Waals surface area contributed by atoms with Crippen LogP contribution in [0.15, 0.2) is 60.1 Å². The van der Waals surface area contributed by atoms with Crippen molar-refractivity contribution in [3.8, 4) is 0 Å². The van der Waals surface area contributed by atoms with Crippen molar-refractivity contribution in [2.75, 3.05) is 43.1 Å². The Bertz CT molecular complexity index is 1090. The molecule has 7 nitrogen and oxygen atoms in total. The molecule has 1 aliphatic carbocycles. The lowest BCUT2D eigenvalue weighted by atomic mass is 9.73. The molecule has 1 N–H and O–H groups in total. The number of ketones is 1. The zero-order chi connectivity index (χ0) is 23.0. The van der Waals surface area contributed by atoms with E-state index in [1.54, 1.807) is 12.4 Å². The van der Waals surface area contributed by atoms with Gasteiger partial charge in [0.25, 0.3) is 0 Å². The van der Waals surface area contributed by atoms with Crippen molar-refractivity contribution >= 4 is 23.1 Å². The van der Waals surface area contributed by atoms with E-state index in [0.717, 1.165) is 34.6 Å². The maximum absolute atomic E-state index is 13.6. The molecule has 0 saturated carbocycles. The normalized spacial score (nSPS) is 22.2. The van der Waals surface area contributed by atoms with Crippen LogP contribution >= 0.6 is 0 Å². The number of hydrogen-bond donors (Lipinski definition) is 1. The highest BCUT2D eigenvalue weighted by atomic mass is 16.5. The van der Waals surface area contributed by atoms with Crippen molar-refractivity contribution in [1.82, 2.24) is 9.88 Å². The van der Waals surface area contributed by atoms with Gasteiger partial charge in [0.1, 0.15) is 0 Å². The van der Waals surface area contributed by atoms with Gasteiger partial charge in [0.2, 0.25) is 5.91 Å². The third-order valence-electron chi connectivity index (χ3n) is 6.70. The summed E-state index contributed by atoms with van der Waals surface area (Å²) in [4.78, 5) is 35.2. The molecule has 1 amide bonds. The van der Waals surface area contributed by atoms with Crippen molar-refractivity contribution in [2.45, 2.75) is 32.7 Å². The molecule has 1 atom stereocenters. The summed E-state index contributed by atoms with van der Waals surface area (Å²) < 4.78 is 5.43. The highest BCUT2D eigenvalue weighted by Gasteiger charge is 2.42. The van der Waals surface area contributed by atoms with E-state index in [1.807, 2.05) is 41.3 Å². The number of ether oxygens (including phenoxy) is 1. The summed E-state index contributed by atoms with van der Waals surface area (Å²) in [5.74, 6) is 0.173. The van der Waals surface area contributed by atoms with E-state index < -0.39 is 0 Å². The summed E-state index contributed by atoms with van der Waals surface area (Å²) in [6.07, 6.45) is 4.75. The van der Waals surface area contributed by atoms with Crippen molar-refractivity contribution in [1.29, 1.82) is 0 Å². The van der Waals surface area contributed by atoms with Crippen LogP contribution in [0.2, 0.25) is 0 Å². The predicted molar refractivity (Wildman–Crippen MR) is 127 cm³/mol. The van der Waals surface area contributed by atoms with E-state index >= 15 is 0 Å². The number of amides is 1. The minimum Gasteiger partial charge on any atom is -0.378 e. The summed E-state index contributed by atoms with van der Waals surface area (Å²) in [6, 6.07) is 11.5. The van der Waals surface area contributed by atoms with Crippen molar-refractivity contribution in [2.24, 2.45) is 5.41 Å². The molecule has 3 aliphatic rings. The largest absolute Gasteiger partial charge is 0.378 e. The number of allylic oxidation sites excluding steroid dienone is 1. The van der Waals surface area contributed by atoms with Gasteiger partial charge in [-0.1, -0.05) is 26.0 Å². The highest BCUT2D eigenvalue weighted by molar-refractivity contribution is 6.01. The Labute approximate surface area is 194 Å². The van der Waals surface area contributed by atoms with Gasteiger partial charge < -0.3 is 19.9 Å². The average Bonchev–Trinajstić information content (AvgIpc) is 2.94. The Balaban J connectivity index is 1.65. The van der Waals surface area contributed by atoms with Gasteiger partial charge in [-0.3, -0.25) is 14.6 Å². The van der Waals surface area contributed by atoms with Crippen LogP contribution in [0.1, 0.15) is 38.3 Å². The van der Waals surface area contributed by atoms with E-state index in [1.165, 1.54) is 0 Å². The molecule has 2 aliphatic heterocycles. The number of para-hydroxylation sites is 2. The third-order valence-corrected chi connectivity index (χ3v) is 6.70. The maximum Gasteiger partial charge on any atom is 0.242 e. The van der Waals surface area contributed by atoms with E-state index in [2.05, 4.69) is 29.0 Å². The Morgan fingerprint density at radius 2 is 1.85 bits per heavy atom. The van der Waals surface area contributed by atoms with Crippen LogP contribution in [-0.4, -0.2) is 54.4 Å². The molecular weight excluding hydrogens is 416 g/mol. The first-order valence-electron chi connectivity index (χ1n) is 11.6. The van der Waals surface area contributed by atoms with Crippen LogP contribution in [0, 0.1) is 5.41 Å². The van der Waals surface area contributed by atoms with Crippen LogP contribution < -0.4 is 10.2 Å². The van der Waals surface area contributed by atoms with Crippen LogP contribution in [0.5, 0.6) is 0 Å². The molecular formula is C26H30N4O3. The average molecular weight is 447 g/mol. The van der Waals surface area contributed by atoms with E-state index in [-0.39, 0.29) is 29.7 Å². The topological polar surface area (TPSA) is 74.8 Å². The Morgan fingerprint density at radius 3 is 2.61 bits per heavy atom. The van der Waals surface area contributed by atoms with Gasteiger partial charge in [0.05, 0.1) is 37.2 Å². The number of nitrogens with one attached hydrogen (secondary N) is 1. The van der Waals surface area contributed by atoms with Crippen LogP contribution in [0.25, 0.3) is 0 Å². The Hall–Kier alpha value is -3.19. The summed E-state index contributed by atoms with van der Waals surface area (Å²) >= 11 is 0. The molecule has 5 rings (SSSR count). The molecule has 2 aromatic rings. The number of pyridine rings is 1. The van der Waals surface area contributed by atoms with Gasteiger partial charge in [-0.25, -0.2) is 0 Å². The van der Waals surface area contributed by atoms with Gasteiger partial charge in [-0.2, -0.15) is 0 Å². The van der Waals surface area contributed by atoms with E-state index in [0.29, 0.717) is 32.7 Å². The lowest BCUT2D eigenvalue weighted by Gasteiger charge is -2.38. The fraction of sp³-hybridized carbons (Fsp3) is 0.423. The van der Waals surface area contributed by atoms with Gasteiger partial charge in [-0.15, -0.1) is 0 Å². The molecule has 1 aromatic carbocycles. The number of carbonyl (C=O) groups is 2. The summed E-state index contributed by atoms with van der Waals surface area (Å²) in [5.41, 5.74) is 4.37. The first-order chi connectivity index (χ1) is 15.9. The number of anilines is 2. The number of carbonyl (C=O) groups excluding carboxylic acids is 2. The van der Waals surface area contributed by atoms with Gasteiger partial charge >= 0.3 is 0 Å². The monoisotopic (exact) mass is 446 g/mol. The molecule has 0 spiro atoms. The molecule has 1 unspecified atom stereocenters. The SMILES string of the molecule is CC1(C)CC(=O)C2=C(C1)Nc1ccccc1N(CC(=O)N1CCOCC1)C2c1ccncc1. The van der Waals surface area contributed by atoms with Crippen molar-refractivity contribution < 1.29 is 14.3 Å². The molecule has 0 radical (unpaired) electrons. The van der Waals surface area contributed by atoms with Gasteiger partial charge in [-0.05, 0) is 41.7 Å². The molecule has 3 heterocycles. The van der Waals surface area contributed by atoms with Gasteiger partial charge in [0, 0.05) is 43.2 Å². The van der Waals surface area contributed by atoms with Crippen LogP contribution in [0.4, 0.5) is 11.4 Å². The predicted octanol–water partition coefficient (Wildman–Crippen LogP) is 3.56. The van der Waals surface area contributed by atoms with E-state index in [4.69, 9.17) is 4.74 Å². The molecule has 1 saturated heterocycles. The molecule has 7 heteroatoms. The summed E-state index contributed by atoms with van der Waals surface area (Å²) in [7, 11) is 0. The first kappa shape index (κ1) is 21.6. The summed E-state index contributed by atoms with van der Waals surface area (Å²) in [6.45, 7) is 6.74. The number of Topliss-reactive ketones (excluding diaryl/α,β-unsaturated/α-hetero) is 1. The fourth-order valence-electron chi connectivity index (χ4n) is 5.18. The number of aromatic nitrogens is 1. The smallest absolute Gasteiger partial charge is 0.242 e. The van der Waals surface area contributed by atoms with Crippen molar-refractivity contribution in [3.63, 3.8) is 0 Å². The molecule has 0 bridgehead atoms. The lowest BCUT2D eigenvalue weighted by molar-refractivity contribution is -0.133. The molecule has 1 aromatic heterocycles. The zero-order valence-corrected chi connectivity index (χ0v) is 19.2. The fourth-order valence-corrected chi connectivity index (χ4v) is 5.18. The van der Waals surface area contributed by atoms with Crippen LogP contribution in [0.3, 0.4) is 0 Å². The maximum atomic E-state index is 13.6. The van der Waals surface area contributed by atoms with Crippen molar-refractivity contribution in [3.05, 3.63) is 65.6 Å². The highest BCUT2D eigenvalue weighted by Crippen LogP contribution is 2.48. The second-order valence-electron chi connectivity index (χ2n) is 9.78. The molecule has 1 fully saturated rings. The molecule has 172 valence electrons. The summed E-state index contributed by atoms with van der Waals surface area (Å²) in [5, 5.41) is 3.59. The first-order valence-corrected chi connectivity index (χ1v) is 11.6. The standard InChI is InChI=1S/C26H30N4O3/c1-26(2)15-20-24(22(31)16-26)25(18-7-9-27-10-8-18)30(21-6-4-3-5-19(21)28-20)17-23(32)29-11-13-33-14-12-29/h3-10,25,28H,11-17H2,1-2H3. The van der Waals surface area contributed by atoms with Gasteiger partial charge in [0.15, 0.2) is 5.78 Å². The number of nitrogens with zero attached hydrogens (tertiary/aromatic N) is 3. The second kappa shape index (κ2) is 8.63. The van der Waals surface area contributed by atoms with Crippen LogP contribution in [-0.2, 0) is 14.3 Å². The number of hydrogen-bond acceptors (Lipinski definition) is 6. The Kier molecular flexibility index (Phi) is 5.66. The minimum atomic E-state index is -0.368. The Morgan fingerprint density at radius 1 is 1.12 bits per heavy atom. The number of benzene rings is 1. The quantitative estimate of drug-likeness (QED) is 0.777. The number of morpholine rings is 1. The number of fused-ring (bicyclic) bond motifs is 1. The third kappa shape index (κ3) is 4.25. The lowest BCUT2D eigenvalue weighted by Crippen LogP contribution is -2.47. The van der Waals surface area contributed by atoms with E-state index in [9.17, 15) is 9.59 Å².